The number of nitrogens with zero attached hydrogens (tertiary/aromatic N) is 2. The molecule has 0 aromatic heterocycles. The van der Waals surface area contributed by atoms with Crippen LogP contribution in [0.15, 0.2) is 23.2 Å². The van der Waals surface area contributed by atoms with Crippen LogP contribution in [0, 0.1) is 0 Å². The van der Waals surface area contributed by atoms with Crippen molar-refractivity contribution in [1.82, 2.24) is 15.5 Å². The number of rotatable bonds is 9. The molecule has 1 aliphatic carbocycles. The van der Waals surface area contributed by atoms with Gasteiger partial charge in [0.15, 0.2) is 17.5 Å². The lowest BCUT2D eigenvalue weighted by molar-refractivity contribution is 0.198. The van der Waals surface area contributed by atoms with E-state index < -0.39 is 0 Å². The van der Waals surface area contributed by atoms with E-state index in [0.717, 1.165) is 35.9 Å². The molecule has 0 bridgehead atoms. The molecular weight excluding hydrogens is 376 g/mol. The third-order valence-corrected chi connectivity index (χ3v) is 6.29. The lowest BCUT2D eigenvalue weighted by Crippen LogP contribution is -2.48. The average molecular weight is 417 g/mol. The molecule has 6 nitrogen and oxygen atoms in total. The molecule has 1 aromatic carbocycles. The van der Waals surface area contributed by atoms with Crippen molar-refractivity contribution in [2.75, 3.05) is 33.8 Å². The van der Waals surface area contributed by atoms with Gasteiger partial charge in [-0.1, -0.05) is 25.5 Å². The van der Waals surface area contributed by atoms with Crippen molar-refractivity contribution < 1.29 is 9.47 Å². The molecule has 168 valence electrons. The Labute approximate surface area is 182 Å². The Kier molecular flexibility index (Phi) is 9.12. The second kappa shape index (κ2) is 12.0. The number of methoxy groups -OCH3 is 1. The number of aliphatic imine (C=N–C) groups is 1. The monoisotopic (exact) mass is 416 g/mol. The first-order chi connectivity index (χ1) is 14.7. The molecule has 1 aliphatic heterocycles. The maximum Gasteiger partial charge on any atom is 0.191 e. The molecule has 2 fully saturated rings. The predicted molar refractivity (Wildman–Crippen MR) is 124 cm³/mol. The van der Waals surface area contributed by atoms with Crippen LogP contribution >= 0.6 is 0 Å². The zero-order valence-electron chi connectivity index (χ0n) is 19.1. The molecule has 0 unspecified atom stereocenters. The summed E-state index contributed by atoms with van der Waals surface area (Å²) in [6.07, 6.45) is 9.96. The van der Waals surface area contributed by atoms with E-state index in [4.69, 9.17) is 9.47 Å². The van der Waals surface area contributed by atoms with Crippen molar-refractivity contribution in [3.63, 3.8) is 0 Å². The largest absolute Gasteiger partial charge is 0.493 e. The molecule has 1 saturated carbocycles. The number of para-hydroxylation sites is 1. The summed E-state index contributed by atoms with van der Waals surface area (Å²) in [5, 5.41) is 7.10. The maximum absolute atomic E-state index is 6.36. The topological polar surface area (TPSA) is 58.1 Å². The molecule has 1 aromatic rings. The van der Waals surface area contributed by atoms with E-state index in [1.54, 1.807) is 7.11 Å². The van der Waals surface area contributed by atoms with Crippen LogP contribution in [0.5, 0.6) is 11.5 Å². The molecule has 0 atom stereocenters. The van der Waals surface area contributed by atoms with Gasteiger partial charge in [0.2, 0.25) is 0 Å². The van der Waals surface area contributed by atoms with Gasteiger partial charge in [-0.2, -0.15) is 0 Å². The fourth-order valence-corrected chi connectivity index (χ4v) is 4.42. The van der Waals surface area contributed by atoms with Crippen LogP contribution in [0.1, 0.15) is 63.9 Å². The summed E-state index contributed by atoms with van der Waals surface area (Å²) in [5.74, 6) is 2.54. The lowest BCUT2D eigenvalue weighted by Gasteiger charge is -2.33. The molecule has 0 radical (unpaired) electrons. The second-order valence-electron chi connectivity index (χ2n) is 8.51. The molecule has 2 aliphatic rings. The standard InChI is InChI=1S/C24H40N4O2/c1-4-5-15-28-16-13-20(14-17-28)27-24(25-2)26-18-19-9-8-12-22(29-3)23(19)30-21-10-6-7-11-21/h8-9,12,20-21H,4-7,10-11,13-18H2,1-3H3,(H2,25,26,27). The van der Waals surface area contributed by atoms with Crippen molar-refractivity contribution in [1.29, 1.82) is 0 Å². The number of benzene rings is 1. The van der Waals surface area contributed by atoms with E-state index in [1.165, 1.54) is 58.2 Å². The van der Waals surface area contributed by atoms with Gasteiger partial charge in [-0.3, -0.25) is 4.99 Å². The van der Waals surface area contributed by atoms with Crippen molar-refractivity contribution in [2.24, 2.45) is 4.99 Å². The number of hydrogen-bond donors (Lipinski definition) is 2. The summed E-state index contributed by atoms with van der Waals surface area (Å²) in [6.45, 7) is 6.49. The Morgan fingerprint density at radius 2 is 1.93 bits per heavy atom. The second-order valence-corrected chi connectivity index (χ2v) is 8.51. The zero-order valence-corrected chi connectivity index (χ0v) is 19.1. The highest BCUT2D eigenvalue weighted by Crippen LogP contribution is 2.34. The highest BCUT2D eigenvalue weighted by Gasteiger charge is 2.22. The summed E-state index contributed by atoms with van der Waals surface area (Å²) < 4.78 is 11.9. The number of likely N-dealkylation sites (tertiary alicyclic amines) is 1. The first-order valence-corrected chi connectivity index (χ1v) is 11.8. The smallest absolute Gasteiger partial charge is 0.191 e. The molecular formula is C24H40N4O2. The first-order valence-electron chi connectivity index (χ1n) is 11.8. The van der Waals surface area contributed by atoms with Gasteiger partial charge in [-0.15, -0.1) is 0 Å². The molecule has 30 heavy (non-hydrogen) atoms. The minimum absolute atomic E-state index is 0.301. The normalized spacial score (nSPS) is 19.1. The minimum Gasteiger partial charge on any atom is -0.493 e. The Morgan fingerprint density at radius 1 is 1.17 bits per heavy atom. The van der Waals surface area contributed by atoms with Crippen molar-refractivity contribution >= 4 is 5.96 Å². The van der Waals surface area contributed by atoms with Crippen molar-refractivity contribution in [2.45, 2.75) is 77.0 Å². The molecule has 1 heterocycles. The number of ether oxygens (including phenoxy) is 2. The van der Waals surface area contributed by atoms with Crippen LogP contribution in [-0.4, -0.2) is 56.8 Å². The van der Waals surface area contributed by atoms with E-state index in [2.05, 4.69) is 33.5 Å². The van der Waals surface area contributed by atoms with Gasteiger partial charge >= 0.3 is 0 Å². The number of unbranched alkanes of at least 4 members (excludes halogenated alkanes) is 1. The molecule has 2 N–H and O–H groups in total. The Morgan fingerprint density at radius 3 is 2.60 bits per heavy atom. The summed E-state index contributed by atoms with van der Waals surface area (Å²) in [5.41, 5.74) is 1.11. The first kappa shape index (κ1) is 22.7. The van der Waals surface area contributed by atoms with Gasteiger partial charge in [-0.05, 0) is 57.6 Å². The van der Waals surface area contributed by atoms with Crippen LogP contribution in [0.25, 0.3) is 0 Å². The highest BCUT2D eigenvalue weighted by molar-refractivity contribution is 5.80. The van der Waals surface area contributed by atoms with Gasteiger partial charge in [0.25, 0.3) is 0 Å². The Bertz CT molecular complexity index is 665. The van der Waals surface area contributed by atoms with Gasteiger partial charge < -0.3 is 25.0 Å². The maximum atomic E-state index is 6.36. The van der Waals surface area contributed by atoms with Gasteiger partial charge in [0.1, 0.15) is 0 Å². The number of nitrogens with one attached hydrogen (secondary N) is 2. The molecule has 0 amide bonds. The number of hydrogen-bond acceptors (Lipinski definition) is 4. The number of piperidine rings is 1. The van der Waals surface area contributed by atoms with Crippen LogP contribution in [0.3, 0.4) is 0 Å². The quantitative estimate of drug-likeness (QED) is 0.472. The summed E-state index contributed by atoms with van der Waals surface area (Å²) in [7, 11) is 3.55. The van der Waals surface area contributed by atoms with Gasteiger partial charge in [0, 0.05) is 38.3 Å². The summed E-state index contributed by atoms with van der Waals surface area (Å²) >= 11 is 0. The van der Waals surface area contributed by atoms with E-state index in [-0.39, 0.29) is 0 Å². The van der Waals surface area contributed by atoms with E-state index in [1.807, 2.05) is 19.2 Å². The Hall–Kier alpha value is -1.95. The molecule has 1 saturated heterocycles. The third-order valence-electron chi connectivity index (χ3n) is 6.29. The Balaban J connectivity index is 1.53. The highest BCUT2D eigenvalue weighted by atomic mass is 16.5. The fourth-order valence-electron chi connectivity index (χ4n) is 4.42. The summed E-state index contributed by atoms with van der Waals surface area (Å²) in [6, 6.07) is 6.60. The fraction of sp³-hybridized carbons (Fsp3) is 0.708. The SMILES string of the molecule is CCCCN1CCC(NC(=NC)NCc2cccc(OC)c2OC2CCCC2)CC1. The van der Waals surface area contributed by atoms with Crippen LogP contribution in [0.2, 0.25) is 0 Å². The minimum atomic E-state index is 0.301. The predicted octanol–water partition coefficient (Wildman–Crippen LogP) is 3.95. The number of guanidine groups is 1. The van der Waals surface area contributed by atoms with Crippen LogP contribution < -0.4 is 20.1 Å². The molecule has 0 spiro atoms. The van der Waals surface area contributed by atoms with E-state index in [9.17, 15) is 0 Å². The third kappa shape index (κ3) is 6.53. The van der Waals surface area contributed by atoms with Crippen LogP contribution in [0.4, 0.5) is 0 Å². The van der Waals surface area contributed by atoms with E-state index in [0.29, 0.717) is 18.7 Å². The summed E-state index contributed by atoms with van der Waals surface area (Å²) in [4.78, 5) is 7.03. The van der Waals surface area contributed by atoms with E-state index >= 15 is 0 Å². The lowest BCUT2D eigenvalue weighted by atomic mass is 10.0. The van der Waals surface area contributed by atoms with Crippen molar-refractivity contribution in [3.05, 3.63) is 23.8 Å². The van der Waals surface area contributed by atoms with Gasteiger partial charge in [-0.25, -0.2) is 0 Å². The molecule has 6 heteroatoms. The average Bonchev–Trinajstić information content (AvgIpc) is 3.30. The zero-order chi connectivity index (χ0) is 21.2. The van der Waals surface area contributed by atoms with Crippen molar-refractivity contribution in [3.8, 4) is 11.5 Å². The molecule has 3 rings (SSSR count). The van der Waals surface area contributed by atoms with Gasteiger partial charge in [0.05, 0.1) is 13.2 Å². The van der Waals surface area contributed by atoms with Crippen LogP contribution in [-0.2, 0) is 6.54 Å².